The van der Waals surface area contributed by atoms with Gasteiger partial charge in [0.05, 0.1) is 0 Å². The highest BCUT2D eigenvalue weighted by molar-refractivity contribution is 7.79. The van der Waals surface area contributed by atoms with Gasteiger partial charge >= 0.3 is 0 Å². The predicted molar refractivity (Wildman–Crippen MR) is 57.9 cm³/mol. The number of likely N-dealkylation sites (tertiary alicyclic amines) is 1. The Morgan fingerprint density at radius 1 is 1.57 bits per heavy atom. The number of nitrogens with zero attached hydrogens (tertiary/aromatic N) is 1. The van der Waals surface area contributed by atoms with Gasteiger partial charge in [0.25, 0.3) is 0 Å². The van der Waals surface area contributed by atoms with Crippen LogP contribution >= 0.6 is 0 Å². The van der Waals surface area contributed by atoms with Gasteiger partial charge in [-0.15, -0.1) is 0 Å². The summed E-state index contributed by atoms with van der Waals surface area (Å²) in [7, 11) is 0. The summed E-state index contributed by atoms with van der Waals surface area (Å²) in [5.74, 6) is 1.15. The van der Waals surface area contributed by atoms with Crippen molar-refractivity contribution in [3.63, 3.8) is 0 Å². The normalized spacial score (nSPS) is 26.3. The molecule has 1 aliphatic heterocycles. The summed E-state index contributed by atoms with van der Waals surface area (Å²) in [6.45, 7) is 5.51. The van der Waals surface area contributed by atoms with E-state index in [0.29, 0.717) is 5.75 Å². The van der Waals surface area contributed by atoms with E-state index in [1.165, 1.54) is 25.8 Å². The van der Waals surface area contributed by atoms with Gasteiger partial charge in [-0.25, -0.2) is 0 Å². The minimum atomic E-state index is -1.86. The minimum absolute atomic E-state index is 0.313. The first-order valence-electron chi connectivity index (χ1n) is 5.50. The number of piperidine rings is 1. The van der Waals surface area contributed by atoms with Crippen molar-refractivity contribution in [1.29, 1.82) is 0 Å². The quantitative estimate of drug-likeness (QED) is 0.655. The van der Waals surface area contributed by atoms with Crippen LogP contribution in [0.2, 0.25) is 0 Å². The van der Waals surface area contributed by atoms with Gasteiger partial charge in [0.2, 0.25) is 0 Å². The van der Waals surface area contributed by atoms with Crippen LogP contribution in [-0.4, -0.2) is 39.0 Å². The second-order valence-corrected chi connectivity index (χ2v) is 5.09. The first kappa shape index (κ1) is 12.1. The second kappa shape index (κ2) is 6.53. The van der Waals surface area contributed by atoms with Crippen molar-refractivity contribution in [3.05, 3.63) is 0 Å². The fraction of sp³-hybridized carbons (Fsp3) is 1.00. The molecule has 1 aliphatic rings. The lowest BCUT2D eigenvalue weighted by Gasteiger charge is -2.32. The van der Waals surface area contributed by atoms with Crippen molar-refractivity contribution in [2.45, 2.75) is 32.6 Å². The average molecular weight is 218 g/mol. The van der Waals surface area contributed by atoms with Crippen molar-refractivity contribution in [2.24, 2.45) is 5.92 Å². The first-order chi connectivity index (χ1) is 6.72. The van der Waals surface area contributed by atoms with E-state index in [4.69, 9.17) is 0 Å². The molecular weight excluding hydrogens is 198 g/mol. The molecule has 0 radical (unpaired) electrons. The molecule has 3 nitrogen and oxygen atoms in total. The molecule has 0 aromatic heterocycles. The Morgan fingerprint density at radius 3 is 3.00 bits per heavy atom. The van der Waals surface area contributed by atoms with Gasteiger partial charge in [0, 0.05) is 12.3 Å². The summed E-state index contributed by atoms with van der Waals surface area (Å²) in [5.41, 5.74) is 0. The highest BCUT2D eigenvalue weighted by atomic mass is 32.2. The van der Waals surface area contributed by atoms with E-state index in [0.717, 1.165) is 25.4 Å². The Kier molecular flexibility index (Phi) is 5.67. The van der Waals surface area contributed by atoms with Crippen LogP contribution in [0.3, 0.4) is 0 Å². The summed E-state index contributed by atoms with van der Waals surface area (Å²) >= 11 is -1.86. The minimum Gasteiger partial charge on any atom is -0.772 e. The van der Waals surface area contributed by atoms with Gasteiger partial charge in [-0.2, -0.15) is 0 Å². The second-order valence-electron chi connectivity index (χ2n) is 4.08. The summed E-state index contributed by atoms with van der Waals surface area (Å²) in [4.78, 5) is 2.41. The molecule has 0 N–H and O–H groups in total. The molecule has 0 spiro atoms. The van der Waals surface area contributed by atoms with Crippen molar-refractivity contribution in [2.75, 3.05) is 25.4 Å². The monoisotopic (exact) mass is 218 g/mol. The van der Waals surface area contributed by atoms with Crippen LogP contribution < -0.4 is 0 Å². The zero-order valence-electron chi connectivity index (χ0n) is 8.91. The molecule has 2 atom stereocenters. The van der Waals surface area contributed by atoms with Gasteiger partial charge in [-0.05, 0) is 38.3 Å². The van der Waals surface area contributed by atoms with Crippen LogP contribution in [0.5, 0.6) is 0 Å². The molecule has 2 unspecified atom stereocenters. The highest BCUT2D eigenvalue weighted by Crippen LogP contribution is 2.18. The van der Waals surface area contributed by atoms with E-state index >= 15 is 0 Å². The molecule has 0 aromatic carbocycles. The van der Waals surface area contributed by atoms with Gasteiger partial charge in [-0.3, -0.25) is 4.21 Å². The molecule has 0 bridgehead atoms. The van der Waals surface area contributed by atoms with E-state index in [9.17, 15) is 8.76 Å². The van der Waals surface area contributed by atoms with Crippen molar-refractivity contribution in [3.8, 4) is 0 Å². The summed E-state index contributed by atoms with van der Waals surface area (Å²) in [6, 6.07) is 0. The molecule has 0 saturated carbocycles. The van der Waals surface area contributed by atoms with E-state index in [1.54, 1.807) is 0 Å². The van der Waals surface area contributed by atoms with Crippen LogP contribution in [0.1, 0.15) is 32.6 Å². The average Bonchev–Trinajstić information content (AvgIpc) is 2.18. The highest BCUT2D eigenvalue weighted by Gasteiger charge is 2.17. The molecule has 1 rings (SSSR count). The van der Waals surface area contributed by atoms with Crippen LogP contribution in [0, 0.1) is 5.92 Å². The molecule has 1 heterocycles. The number of hydrogen-bond donors (Lipinski definition) is 0. The van der Waals surface area contributed by atoms with Gasteiger partial charge in [0.1, 0.15) is 0 Å². The van der Waals surface area contributed by atoms with Crippen LogP contribution in [0.15, 0.2) is 0 Å². The van der Waals surface area contributed by atoms with Gasteiger partial charge in [0.15, 0.2) is 0 Å². The largest absolute Gasteiger partial charge is 0.772 e. The molecule has 14 heavy (non-hydrogen) atoms. The zero-order valence-corrected chi connectivity index (χ0v) is 9.72. The maximum Gasteiger partial charge on any atom is 0.0114 e. The predicted octanol–water partition coefficient (Wildman–Crippen LogP) is 1.38. The molecule has 4 heteroatoms. The lowest BCUT2D eigenvalue weighted by Crippen LogP contribution is -2.36. The third kappa shape index (κ3) is 4.53. The lowest BCUT2D eigenvalue weighted by atomic mass is 9.96. The van der Waals surface area contributed by atoms with E-state index in [1.807, 2.05) is 0 Å². The maximum atomic E-state index is 10.3. The van der Waals surface area contributed by atoms with Crippen LogP contribution in [-0.2, 0) is 11.1 Å². The van der Waals surface area contributed by atoms with E-state index in [2.05, 4.69) is 11.8 Å². The zero-order chi connectivity index (χ0) is 10.4. The standard InChI is InChI=1S/C10H21NO2S/c1-2-10-5-3-6-11(9-10)7-4-8-14(12)13/h10H,2-9H2,1H3,(H,12,13)/p-1. The fourth-order valence-electron chi connectivity index (χ4n) is 2.09. The molecule has 1 saturated heterocycles. The van der Waals surface area contributed by atoms with Gasteiger partial charge < -0.3 is 9.45 Å². The van der Waals surface area contributed by atoms with Crippen LogP contribution in [0.25, 0.3) is 0 Å². The SMILES string of the molecule is CCC1CCCN(CCCS(=O)[O-])C1. The van der Waals surface area contributed by atoms with E-state index < -0.39 is 11.1 Å². The third-order valence-corrected chi connectivity index (χ3v) is 3.59. The third-order valence-electron chi connectivity index (χ3n) is 2.97. The van der Waals surface area contributed by atoms with Crippen molar-refractivity contribution >= 4 is 11.1 Å². The summed E-state index contributed by atoms with van der Waals surface area (Å²) in [5, 5.41) is 0. The lowest BCUT2D eigenvalue weighted by molar-refractivity contribution is 0.172. The molecule has 0 aromatic rings. The number of rotatable bonds is 5. The van der Waals surface area contributed by atoms with Crippen molar-refractivity contribution in [1.82, 2.24) is 4.90 Å². The molecule has 84 valence electrons. The fourth-order valence-corrected chi connectivity index (χ4v) is 2.46. The summed E-state index contributed by atoms with van der Waals surface area (Å²) < 4.78 is 20.7. The Bertz CT molecular complexity index is 187. The molecular formula is C10H20NO2S-. The Labute approximate surface area is 89.2 Å². The first-order valence-corrected chi connectivity index (χ1v) is 6.75. The maximum absolute atomic E-state index is 10.3. The molecule has 0 aliphatic carbocycles. The van der Waals surface area contributed by atoms with Crippen molar-refractivity contribution < 1.29 is 8.76 Å². The van der Waals surface area contributed by atoms with E-state index in [-0.39, 0.29) is 0 Å². The Morgan fingerprint density at radius 2 is 2.36 bits per heavy atom. The van der Waals surface area contributed by atoms with Crippen LogP contribution in [0.4, 0.5) is 0 Å². The number of hydrogen-bond acceptors (Lipinski definition) is 3. The summed E-state index contributed by atoms with van der Waals surface area (Å²) in [6.07, 6.45) is 4.66. The Balaban J connectivity index is 2.14. The topological polar surface area (TPSA) is 43.4 Å². The van der Waals surface area contributed by atoms with Gasteiger partial charge in [-0.1, -0.05) is 24.4 Å². The smallest absolute Gasteiger partial charge is 0.0114 e. The molecule has 1 fully saturated rings. The Hall–Kier alpha value is 0.0700. The molecule has 0 amide bonds.